The van der Waals surface area contributed by atoms with Gasteiger partial charge in [-0.1, -0.05) is 25.0 Å². The van der Waals surface area contributed by atoms with Crippen LogP contribution in [0.2, 0.25) is 0 Å². The van der Waals surface area contributed by atoms with Crippen LogP contribution in [0.1, 0.15) is 65.2 Å². The van der Waals surface area contributed by atoms with Crippen molar-refractivity contribution in [3.8, 4) is 0 Å². The summed E-state index contributed by atoms with van der Waals surface area (Å²) < 4.78 is 0. The molecule has 0 saturated heterocycles. The number of aliphatic hydroxyl groups excluding tert-OH is 1. The zero-order chi connectivity index (χ0) is 17.9. The lowest BCUT2D eigenvalue weighted by Gasteiger charge is -2.36. The van der Waals surface area contributed by atoms with Crippen molar-refractivity contribution in [2.45, 2.75) is 76.9 Å². The summed E-state index contributed by atoms with van der Waals surface area (Å²) in [5, 5.41) is 21.3. The van der Waals surface area contributed by atoms with Crippen LogP contribution in [-0.2, 0) is 4.79 Å². The van der Waals surface area contributed by atoms with E-state index < -0.39 is 5.60 Å². The van der Waals surface area contributed by atoms with Gasteiger partial charge in [0.1, 0.15) is 0 Å². The number of carbonyl (C=O) groups is 1. The zero-order valence-electron chi connectivity index (χ0n) is 15.8. The summed E-state index contributed by atoms with van der Waals surface area (Å²) in [4.78, 5) is 13.3. The molecule has 0 aromatic rings. The van der Waals surface area contributed by atoms with Gasteiger partial charge in [-0.25, -0.2) is 0 Å². The summed E-state index contributed by atoms with van der Waals surface area (Å²) in [5.74, 6) is 1.00. The molecule has 5 atom stereocenters. The molecular weight excluding hydrogens is 302 g/mol. The molecule has 1 saturated carbocycles. The number of nitrogens with zero attached hydrogens (tertiary/aromatic N) is 1. The maximum absolute atomic E-state index is 11.6. The first-order chi connectivity index (χ1) is 11.3. The average molecular weight is 338 g/mol. The highest BCUT2D eigenvalue weighted by Crippen LogP contribution is 2.52. The predicted molar refractivity (Wildman–Crippen MR) is 96.5 cm³/mol. The van der Waals surface area contributed by atoms with Gasteiger partial charge in [-0.2, -0.15) is 0 Å². The third-order valence-corrected chi connectivity index (χ3v) is 6.00. The SMILES string of the molecule is CCC[C@](C)(O)[C@@H]1[C@H]2CC(CCCCC(=O)N(C)C)=C[C@H]2C[C@H]1O. The molecule has 2 aliphatic rings. The Hall–Kier alpha value is -0.870. The molecule has 24 heavy (non-hydrogen) atoms. The van der Waals surface area contributed by atoms with Crippen LogP contribution in [0.15, 0.2) is 11.6 Å². The van der Waals surface area contributed by atoms with Crippen LogP contribution in [0.25, 0.3) is 0 Å². The third-order valence-electron chi connectivity index (χ3n) is 6.00. The molecule has 0 unspecified atom stereocenters. The fourth-order valence-electron chi connectivity index (χ4n) is 4.88. The summed E-state index contributed by atoms with van der Waals surface area (Å²) in [7, 11) is 3.60. The van der Waals surface area contributed by atoms with E-state index in [-0.39, 0.29) is 17.9 Å². The van der Waals surface area contributed by atoms with E-state index in [9.17, 15) is 15.0 Å². The van der Waals surface area contributed by atoms with Crippen LogP contribution in [0, 0.1) is 17.8 Å². The largest absolute Gasteiger partial charge is 0.393 e. The van der Waals surface area contributed by atoms with E-state index >= 15 is 0 Å². The van der Waals surface area contributed by atoms with E-state index in [0.717, 1.165) is 44.9 Å². The number of hydrogen-bond acceptors (Lipinski definition) is 3. The quantitative estimate of drug-likeness (QED) is 0.528. The van der Waals surface area contributed by atoms with E-state index in [4.69, 9.17) is 0 Å². The van der Waals surface area contributed by atoms with Crippen LogP contribution in [-0.4, -0.2) is 46.8 Å². The Morgan fingerprint density at radius 1 is 1.38 bits per heavy atom. The summed E-state index contributed by atoms with van der Waals surface area (Å²) in [6, 6.07) is 0. The van der Waals surface area contributed by atoms with Gasteiger partial charge in [-0.15, -0.1) is 0 Å². The molecule has 0 aromatic carbocycles. The van der Waals surface area contributed by atoms with E-state index in [1.807, 2.05) is 6.92 Å². The van der Waals surface area contributed by atoms with Crippen molar-refractivity contribution >= 4 is 5.91 Å². The Balaban J connectivity index is 1.84. The number of rotatable bonds is 8. The smallest absolute Gasteiger partial charge is 0.222 e. The standard InChI is InChI=1S/C20H35NO3/c1-5-10-20(2,24)19-16-12-14(11-15(16)13-17(19)22)8-6-7-9-18(23)21(3)4/h11,15-17,19,22,24H,5-10,12-13H2,1-4H3/t15-,16-,17+,19+,20-/m0/s1. The van der Waals surface area contributed by atoms with E-state index in [2.05, 4.69) is 13.0 Å². The molecule has 2 N–H and O–H groups in total. The van der Waals surface area contributed by atoms with Crippen molar-refractivity contribution in [3.63, 3.8) is 0 Å². The van der Waals surface area contributed by atoms with Crippen molar-refractivity contribution in [2.24, 2.45) is 17.8 Å². The summed E-state index contributed by atoms with van der Waals surface area (Å²) >= 11 is 0. The Kier molecular flexibility index (Phi) is 6.49. The molecule has 4 nitrogen and oxygen atoms in total. The van der Waals surface area contributed by atoms with Gasteiger partial charge in [0.2, 0.25) is 5.91 Å². The molecular formula is C20H35NO3. The minimum absolute atomic E-state index is 0.00785. The third kappa shape index (κ3) is 4.40. The normalized spacial score (nSPS) is 31.5. The molecule has 138 valence electrons. The van der Waals surface area contributed by atoms with Crippen LogP contribution >= 0.6 is 0 Å². The molecule has 0 aromatic heterocycles. The molecule has 0 bridgehead atoms. The average Bonchev–Trinajstić information content (AvgIpc) is 2.98. The van der Waals surface area contributed by atoms with E-state index in [1.54, 1.807) is 19.0 Å². The Labute approximate surface area is 146 Å². The first-order valence-corrected chi connectivity index (χ1v) is 9.56. The van der Waals surface area contributed by atoms with E-state index in [1.165, 1.54) is 5.57 Å². The van der Waals surface area contributed by atoms with Gasteiger partial charge in [0.15, 0.2) is 0 Å². The second-order valence-corrected chi connectivity index (χ2v) is 8.29. The molecule has 0 spiro atoms. The number of fused-ring (bicyclic) bond motifs is 1. The maximum Gasteiger partial charge on any atom is 0.222 e. The number of carbonyl (C=O) groups excluding carboxylic acids is 1. The molecule has 2 rings (SSSR count). The fraction of sp³-hybridized carbons (Fsp3) is 0.850. The molecule has 2 aliphatic carbocycles. The predicted octanol–water partition coefficient (Wildman–Crippen LogP) is 3.13. The topological polar surface area (TPSA) is 60.8 Å². The maximum atomic E-state index is 11.6. The van der Waals surface area contributed by atoms with Crippen molar-refractivity contribution in [2.75, 3.05) is 14.1 Å². The Bertz CT molecular complexity index is 470. The minimum Gasteiger partial charge on any atom is -0.393 e. The molecule has 4 heteroatoms. The first-order valence-electron chi connectivity index (χ1n) is 9.56. The first kappa shape index (κ1) is 19.5. The molecule has 0 aliphatic heterocycles. The zero-order valence-corrected chi connectivity index (χ0v) is 15.8. The molecule has 1 fully saturated rings. The van der Waals surface area contributed by atoms with Gasteiger partial charge in [-0.05, 0) is 57.3 Å². The van der Waals surface area contributed by atoms with Crippen LogP contribution in [0.4, 0.5) is 0 Å². The van der Waals surface area contributed by atoms with Gasteiger partial charge >= 0.3 is 0 Å². The number of allylic oxidation sites excluding steroid dienone is 2. The number of aliphatic hydroxyl groups is 2. The summed E-state index contributed by atoms with van der Waals surface area (Å²) in [6.45, 7) is 3.98. The van der Waals surface area contributed by atoms with Gasteiger partial charge < -0.3 is 15.1 Å². The van der Waals surface area contributed by atoms with Gasteiger partial charge in [-0.3, -0.25) is 4.79 Å². The minimum atomic E-state index is -0.769. The fourth-order valence-corrected chi connectivity index (χ4v) is 4.88. The lowest BCUT2D eigenvalue weighted by Crippen LogP contribution is -2.42. The number of amides is 1. The van der Waals surface area contributed by atoms with Gasteiger partial charge in [0.25, 0.3) is 0 Å². The van der Waals surface area contributed by atoms with Gasteiger partial charge in [0.05, 0.1) is 11.7 Å². The van der Waals surface area contributed by atoms with Crippen LogP contribution in [0.5, 0.6) is 0 Å². The van der Waals surface area contributed by atoms with E-state index in [0.29, 0.717) is 18.3 Å². The molecule has 0 heterocycles. The number of unbranched alkanes of at least 4 members (excludes halogenated alkanes) is 1. The van der Waals surface area contributed by atoms with Crippen molar-refractivity contribution < 1.29 is 15.0 Å². The molecule has 1 amide bonds. The van der Waals surface area contributed by atoms with Gasteiger partial charge in [0, 0.05) is 26.4 Å². The summed E-state index contributed by atoms with van der Waals surface area (Å²) in [6.07, 6.45) is 9.11. The van der Waals surface area contributed by atoms with Crippen LogP contribution < -0.4 is 0 Å². The monoisotopic (exact) mass is 337 g/mol. The second kappa shape index (κ2) is 8.01. The lowest BCUT2D eigenvalue weighted by atomic mass is 9.75. The Morgan fingerprint density at radius 3 is 2.71 bits per heavy atom. The Morgan fingerprint density at radius 2 is 2.08 bits per heavy atom. The van der Waals surface area contributed by atoms with Crippen molar-refractivity contribution in [3.05, 3.63) is 11.6 Å². The molecule has 0 radical (unpaired) electrons. The van der Waals surface area contributed by atoms with Crippen LogP contribution in [0.3, 0.4) is 0 Å². The van der Waals surface area contributed by atoms with Crippen molar-refractivity contribution in [1.82, 2.24) is 4.90 Å². The highest BCUT2D eigenvalue weighted by molar-refractivity contribution is 5.75. The lowest BCUT2D eigenvalue weighted by molar-refractivity contribution is -0.128. The van der Waals surface area contributed by atoms with Crippen molar-refractivity contribution in [1.29, 1.82) is 0 Å². The highest BCUT2D eigenvalue weighted by atomic mass is 16.3. The number of hydrogen-bond donors (Lipinski definition) is 2. The highest BCUT2D eigenvalue weighted by Gasteiger charge is 2.51. The summed E-state index contributed by atoms with van der Waals surface area (Å²) in [5.41, 5.74) is 0.696. The second-order valence-electron chi connectivity index (χ2n) is 8.29.